The summed E-state index contributed by atoms with van der Waals surface area (Å²) in [7, 11) is 0. The van der Waals surface area contributed by atoms with E-state index in [0.29, 0.717) is 5.92 Å². The van der Waals surface area contributed by atoms with Crippen molar-refractivity contribution in [3.8, 4) is 11.1 Å². The molecule has 1 atom stereocenters. The van der Waals surface area contributed by atoms with Crippen LogP contribution in [0.15, 0.2) is 78.4 Å². The van der Waals surface area contributed by atoms with E-state index in [1.54, 1.807) is 25.6 Å². The molecule has 48 heavy (non-hydrogen) atoms. The van der Waals surface area contributed by atoms with Crippen molar-refractivity contribution in [3.63, 3.8) is 0 Å². The number of aryl methyl sites for hydroxylation is 1. The first kappa shape index (κ1) is 37.2. The van der Waals surface area contributed by atoms with Crippen LogP contribution in [0.2, 0.25) is 0 Å². The minimum atomic E-state index is -2.57. The second-order valence-corrected chi connectivity index (χ2v) is 22.1. The number of rotatable bonds is 4. The van der Waals surface area contributed by atoms with Crippen LogP contribution in [0, 0.1) is 18.3 Å². The average molecular weight is 755 g/mol. The van der Waals surface area contributed by atoms with E-state index in [4.69, 9.17) is 0 Å². The summed E-state index contributed by atoms with van der Waals surface area (Å²) in [5.74, 6) is 0.500. The molecule has 0 aliphatic heterocycles. The van der Waals surface area contributed by atoms with Crippen LogP contribution >= 0.6 is 0 Å². The van der Waals surface area contributed by atoms with Gasteiger partial charge in [0, 0.05) is 0 Å². The molecular weight excluding hydrogens is 703 g/mol. The molecule has 0 radical (unpaired) electrons. The van der Waals surface area contributed by atoms with Crippen LogP contribution in [0.5, 0.6) is 0 Å². The molecule has 1 unspecified atom stereocenters. The molecule has 0 aromatic heterocycles. The van der Waals surface area contributed by atoms with Crippen LogP contribution in [-0.2, 0) is 38.5 Å². The van der Waals surface area contributed by atoms with Gasteiger partial charge in [0.05, 0.1) is 0 Å². The molecule has 0 spiro atoms. The minimum absolute atomic E-state index is 0. The van der Waals surface area contributed by atoms with Gasteiger partial charge in [-0.2, -0.15) is 0 Å². The van der Waals surface area contributed by atoms with E-state index in [1.807, 2.05) is 3.28 Å². The third-order valence-electron chi connectivity index (χ3n) is 11.6. The molecule has 3 heteroatoms. The molecule has 0 N–H and O–H groups in total. The number of benzene rings is 3. The standard InChI is InChI=1S/C25H25.C12H19.C8H8.2ClH.Zr/c1-14-12-24(3,4)22-8-16-7-17-9-23-19(15(2)13-25(23,5)6)11-21(17)20(16)10-18(14)22;1-6-10-7-9(2)8-11(10)12(3,4)5;1-7-3-5-8(2)6-4-7;;;/h8-12H,7H2,1-6H3;8-9H,6H2,1-5H3;1,3-6H,2H3;2*1H;/q;;;;;+2/p-2. The Bertz CT molecular complexity index is 2000. The van der Waals surface area contributed by atoms with Gasteiger partial charge in [0.15, 0.2) is 0 Å². The van der Waals surface area contributed by atoms with Gasteiger partial charge in [-0.3, -0.25) is 0 Å². The molecule has 0 saturated heterocycles. The fourth-order valence-corrected chi connectivity index (χ4v) is 18.4. The average Bonchev–Trinajstić information content (AvgIpc) is 3.63. The predicted molar refractivity (Wildman–Crippen MR) is 197 cm³/mol. The van der Waals surface area contributed by atoms with Crippen LogP contribution in [0.3, 0.4) is 0 Å². The summed E-state index contributed by atoms with van der Waals surface area (Å²) in [6.45, 7) is 28.9. The van der Waals surface area contributed by atoms with Crippen molar-refractivity contribution in [1.29, 1.82) is 0 Å². The van der Waals surface area contributed by atoms with E-state index >= 15 is 0 Å². The molecule has 0 heterocycles. The summed E-state index contributed by atoms with van der Waals surface area (Å²) in [4.78, 5) is 0. The van der Waals surface area contributed by atoms with Gasteiger partial charge < -0.3 is 24.8 Å². The molecule has 7 rings (SSSR count). The molecule has 250 valence electrons. The van der Waals surface area contributed by atoms with Crippen molar-refractivity contribution in [2.75, 3.05) is 0 Å². The summed E-state index contributed by atoms with van der Waals surface area (Å²) >= 11 is -2.57. The Morgan fingerprint density at radius 3 is 1.98 bits per heavy atom. The van der Waals surface area contributed by atoms with Gasteiger partial charge in [-0.15, -0.1) is 0 Å². The van der Waals surface area contributed by atoms with E-state index in [-0.39, 0.29) is 41.1 Å². The smallest absolute Gasteiger partial charge is 1.00 e. The van der Waals surface area contributed by atoms with Gasteiger partial charge in [-0.1, -0.05) is 0 Å². The second kappa shape index (κ2) is 12.6. The van der Waals surface area contributed by atoms with Crippen LogP contribution in [0.4, 0.5) is 0 Å². The number of allylic oxidation sites excluding steroid dienone is 8. The summed E-state index contributed by atoms with van der Waals surface area (Å²) in [6.07, 6.45) is 7.25. The first-order valence-electron chi connectivity index (χ1n) is 17.5. The summed E-state index contributed by atoms with van der Waals surface area (Å²) in [5.41, 5.74) is 21.2. The van der Waals surface area contributed by atoms with E-state index in [9.17, 15) is 0 Å². The number of hydrogen-bond acceptors (Lipinski definition) is 0. The molecule has 0 nitrogen and oxygen atoms in total. The maximum atomic E-state index is 2.79. The summed E-state index contributed by atoms with van der Waals surface area (Å²) < 4.78 is 6.38. The maximum Gasteiger partial charge on any atom is -1.00 e. The molecular formula is C45H52Cl2Zr. The molecule has 3 aromatic rings. The molecule has 0 saturated carbocycles. The van der Waals surface area contributed by atoms with Crippen molar-refractivity contribution in [3.05, 3.63) is 123 Å². The van der Waals surface area contributed by atoms with Crippen LogP contribution in [0.1, 0.15) is 127 Å². The van der Waals surface area contributed by atoms with Gasteiger partial charge in [-0.25, -0.2) is 0 Å². The van der Waals surface area contributed by atoms with Gasteiger partial charge in [0.1, 0.15) is 0 Å². The molecule has 0 bridgehead atoms. The quantitative estimate of drug-likeness (QED) is 0.239. The second-order valence-electron chi connectivity index (χ2n) is 16.8. The Morgan fingerprint density at radius 1 is 0.812 bits per heavy atom. The normalized spacial score (nSPS) is 19.7. The summed E-state index contributed by atoms with van der Waals surface area (Å²) in [5, 5.41) is 0. The molecule has 0 amide bonds. The Kier molecular flexibility index (Phi) is 9.78. The zero-order valence-electron chi connectivity index (χ0n) is 31.1. The fourth-order valence-electron chi connectivity index (χ4n) is 9.41. The van der Waals surface area contributed by atoms with Crippen molar-refractivity contribution < 1.29 is 46.1 Å². The Balaban J connectivity index is 0.00000225. The van der Waals surface area contributed by atoms with Crippen LogP contribution in [-0.4, -0.2) is 3.71 Å². The Labute approximate surface area is 310 Å². The monoisotopic (exact) mass is 752 g/mol. The Morgan fingerprint density at radius 2 is 1.40 bits per heavy atom. The minimum Gasteiger partial charge on any atom is -1.00 e. The Hall–Kier alpha value is -2.05. The van der Waals surface area contributed by atoms with Gasteiger partial charge in [0.2, 0.25) is 0 Å². The third kappa shape index (κ3) is 5.73. The van der Waals surface area contributed by atoms with Crippen LogP contribution < -0.4 is 24.8 Å². The first-order chi connectivity index (χ1) is 21.5. The van der Waals surface area contributed by atoms with E-state index < -0.39 is 21.3 Å². The van der Waals surface area contributed by atoms with Gasteiger partial charge in [-0.05, 0) is 0 Å². The first-order valence-corrected chi connectivity index (χ1v) is 21.4. The van der Waals surface area contributed by atoms with E-state index in [2.05, 4.69) is 147 Å². The molecule has 4 aliphatic carbocycles. The van der Waals surface area contributed by atoms with Crippen molar-refractivity contribution in [1.82, 2.24) is 0 Å². The van der Waals surface area contributed by atoms with Gasteiger partial charge in [0.25, 0.3) is 0 Å². The SMILES string of the molecule is CCC1=[C]([Zr+2](=[CH]c2ccc(C)cc2)[C]2=C(C)c3cc4c(cc3C2(C)C)Cc2cc3c(cc2-4)C(C)=CC3(C)C)C(C)C=C1C(C)(C)C.[Cl-].[Cl-]. The molecule has 3 aromatic carbocycles. The number of halogens is 2. The van der Waals surface area contributed by atoms with Crippen molar-refractivity contribution in [2.24, 2.45) is 11.3 Å². The van der Waals surface area contributed by atoms with Crippen molar-refractivity contribution in [2.45, 2.75) is 107 Å². The van der Waals surface area contributed by atoms with E-state index in [0.717, 1.165) is 12.8 Å². The van der Waals surface area contributed by atoms with E-state index in [1.165, 1.54) is 55.6 Å². The van der Waals surface area contributed by atoms with Gasteiger partial charge >= 0.3 is 288 Å². The third-order valence-corrected chi connectivity index (χ3v) is 20.2. The number of hydrogen-bond donors (Lipinski definition) is 0. The summed E-state index contributed by atoms with van der Waals surface area (Å²) in [6, 6.07) is 19.6. The molecule has 0 fully saturated rings. The topological polar surface area (TPSA) is 0 Å². The van der Waals surface area contributed by atoms with Crippen LogP contribution in [0.25, 0.3) is 22.3 Å². The fraction of sp³-hybridized carbons (Fsp3) is 0.400. The maximum absolute atomic E-state index is 2.79. The zero-order chi connectivity index (χ0) is 33.1. The number of fused-ring (bicyclic) bond motifs is 5. The molecule has 4 aliphatic rings. The predicted octanol–water partition coefficient (Wildman–Crippen LogP) is 6.05. The van der Waals surface area contributed by atoms with Crippen molar-refractivity contribution >= 4 is 14.9 Å². The zero-order valence-corrected chi connectivity index (χ0v) is 35.1. The largest absolute Gasteiger partial charge is 1.00 e.